The second-order valence-corrected chi connectivity index (χ2v) is 5.32. The van der Waals surface area contributed by atoms with Gasteiger partial charge in [-0.1, -0.05) is 6.07 Å². The standard InChI is InChI=1S/C14H15FN2OS/c1-9(13-4-3-7-19-13)17(2)14(18)10-5-6-11(15)12(16)8-10/h3-9H,16H2,1-2H3. The van der Waals surface area contributed by atoms with E-state index in [1.807, 2.05) is 24.4 Å². The molecule has 0 aliphatic rings. The first-order valence-electron chi connectivity index (χ1n) is 5.86. The molecule has 1 atom stereocenters. The van der Waals surface area contributed by atoms with Crippen LogP contribution in [0.4, 0.5) is 10.1 Å². The number of benzene rings is 1. The molecule has 1 amide bonds. The van der Waals surface area contributed by atoms with Crippen molar-refractivity contribution in [2.75, 3.05) is 12.8 Å². The molecular weight excluding hydrogens is 263 g/mol. The monoisotopic (exact) mass is 278 g/mol. The zero-order valence-electron chi connectivity index (χ0n) is 10.8. The van der Waals surface area contributed by atoms with Gasteiger partial charge in [0.2, 0.25) is 0 Å². The number of amides is 1. The fraction of sp³-hybridized carbons (Fsp3) is 0.214. The van der Waals surface area contributed by atoms with Crippen LogP contribution in [0.25, 0.3) is 0 Å². The van der Waals surface area contributed by atoms with Gasteiger partial charge in [0.25, 0.3) is 5.91 Å². The third-order valence-corrected chi connectivity index (χ3v) is 4.14. The molecule has 0 radical (unpaired) electrons. The van der Waals surface area contributed by atoms with Gasteiger partial charge in [-0.25, -0.2) is 4.39 Å². The highest BCUT2D eigenvalue weighted by molar-refractivity contribution is 7.10. The third-order valence-electron chi connectivity index (χ3n) is 3.10. The van der Waals surface area contributed by atoms with Crippen molar-refractivity contribution in [3.05, 3.63) is 52.0 Å². The molecule has 5 heteroatoms. The summed E-state index contributed by atoms with van der Waals surface area (Å²) in [7, 11) is 1.73. The number of carbonyl (C=O) groups is 1. The van der Waals surface area contributed by atoms with E-state index in [4.69, 9.17) is 5.73 Å². The van der Waals surface area contributed by atoms with Gasteiger partial charge in [0.1, 0.15) is 5.82 Å². The number of nitrogens with zero attached hydrogens (tertiary/aromatic N) is 1. The molecule has 2 aromatic rings. The number of halogens is 1. The summed E-state index contributed by atoms with van der Waals surface area (Å²) in [6.45, 7) is 1.95. The van der Waals surface area contributed by atoms with E-state index in [1.54, 1.807) is 23.3 Å². The molecule has 100 valence electrons. The Morgan fingerprint density at radius 1 is 1.42 bits per heavy atom. The van der Waals surface area contributed by atoms with Gasteiger partial charge in [-0.2, -0.15) is 0 Å². The van der Waals surface area contributed by atoms with Crippen LogP contribution in [-0.4, -0.2) is 17.9 Å². The number of thiophene rings is 1. The summed E-state index contributed by atoms with van der Waals surface area (Å²) >= 11 is 1.60. The quantitative estimate of drug-likeness (QED) is 0.876. The van der Waals surface area contributed by atoms with Crippen molar-refractivity contribution < 1.29 is 9.18 Å². The Balaban J connectivity index is 2.21. The van der Waals surface area contributed by atoms with Crippen LogP contribution in [0.1, 0.15) is 28.2 Å². The Kier molecular flexibility index (Phi) is 3.85. The van der Waals surface area contributed by atoms with E-state index in [0.29, 0.717) is 5.56 Å². The highest BCUT2D eigenvalue weighted by Gasteiger charge is 2.20. The van der Waals surface area contributed by atoms with Crippen LogP contribution in [0, 0.1) is 5.82 Å². The maximum Gasteiger partial charge on any atom is 0.254 e. The Morgan fingerprint density at radius 3 is 2.74 bits per heavy atom. The van der Waals surface area contributed by atoms with E-state index in [0.717, 1.165) is 4.88 Å². The van der Waals surface area contributed by atoms with Gasteiger partial charge in [0.15, 0.2) is 0 Å². The number of hydrogen-bond donors (Lipinski definition) is 1. The smallest absolute Gasteiger partial charge is 0.254 e. The topological polar surface area (TPSA) is 46.3 Å². The van der Waals surface area contributed by atoms with Crippen LogP contribution in [0.15, 0.2) is 35.7 Å². The predicted octanol–water partition coefficient (Wildman–Crippen LogP) is 3.30. The fourth-order valence-corrected chi connectivity index (χ4v) is 2.60. The minimum absolute atomic E-state index is 0.0111. The Morgan fingerprint density at radius 2 is 2.16 bits per heavy atom. The number of anilines is 1. The van der Waals surface area contributed by atoms with Crippen molar-refractivity contribution >= 4 is 22.9 Å². The molecule has 1 heterocycles. The van der Waals surface area contributed by atoms with Crippen molar-refractivity contribution in [1.29, 1.82) is 0 Å². The summed E-state index contributed by atoms with van der Waals surface area (Å²) in [4.78, 5) is 15.0. The largest absolute Gasteiger partial charge is 0.396 e. The number of carbonyl (C=O) groups excluding carboxylic acids is 1. The molecule has 2 rings (SSSR count). The van der Waals surface area contributed by atoms with Crippen molar-refractivity contribution in [1.82, 2.24) is 4.90 Å². The van der Waals surface area contributed by atoms with Gasteiger partial charge in [0, 0.05) is 17.5 Å². The zero-order valence-corrected chi connectivity index (χ0v) is 11.6. The second kappa shape index (κ2) is 5.40. The summed E-state index contributed by atoms with van der Waals surface area (Å²) in [6, 6.07) is 7.94. The van der Waals surface area contributed by atoms with Crippen LogP contribution in [0.2, 0.25) is 0 Å². The number of rotatable bonds is 3. The average Bonchev–Trinajstić information content (AvgIpc) is 2.93. The summed E-state index contributed by atoms with van der Waals surface area (Å²) in [5.41, 5.74) is 5.87. The SMILES string of the molecule is CC(c1cccs1)N(C)C(=O)c1ccc(F)c(N)c1. The summed E-state index contributed by atoms with van der Waals surface area (Å²) < 4.78 is 13.1. The Labute approximate surface area is 115 Å². The van der Waals surface area contributed by atoms with Crippen molar-refractivity contribution in [2.24, 2.45) is 0 Å². The molecule has 0 aliphatic carbocycles. The summed E-state index contributed by atoms with van der Waals surface area (Å²) in [5, 5.41) is 1.97. The van der Waals surface area contributed by atoms with Crippen molar-refractivity contribution in [3.8, 4) is 0 Å². The van der Waals surface area contributed by atoms with E-state index in [-0.39, 0.29) is 17.6 Å². The van der Waals surface area contributed by atoms with Crippen LogP contribution >= 0.6 is 11.3 Å². The first-order chi connectivity index (χ1) is 9.00. The maximum absolute atomic E-state index is 13.1. The minimum Gasteiger partial charge on any atom is -0.396 e. The normalized spacial score (nSPS) is 12.2. The first-order valence-corrected chi connectivity index (χ1v) is 6.74. The summed E-state index contributed by atoms with van der Waals surface area (Å²) in [5.74, 6) is -0.682. The van der Waals surface area contributed by atoms with Crippen molar-refractivity contribution in [2.45, 2.75) is 13.0 Å². The molecule has 2 N–H and O–H groups in total. The van der Waals surface area contributed by atoms with Gasteiger partial charge in [-0.05, 0) is 36.6 Å². The van der Waals surface area contributed by atoms with Crippen LogP contribution in [-0.2, 0) is 0 Å². The van der Waals surface area contributed by atoms with E-state index >= 15 is 0 Å². The van der Waals surface area contributed by atoms with Gasteiger partial charge in [0.05, 0.1) is 11.7 Å². The Hall–Kier alpha value is -1.88. The van der Waals surface area contributed by atoms with E-state index < -0.39 is 5.82 Å². The lowest BCUT2D eigenvalue weighted by molar-refractivity contribution is 0.0745. The lowest BCUT2D eigenvalue weighted by atomic mass is 10.1. The molecule has 0 spiro atoms. The summed E-state index contributed by atoms with van der Waals surface area (Å²) in [6.07, 6.45) is 0. The van der Waals surface area contributed by atoms with Gasteiger partial charge >= 0.3 is 0 Å². The first kappa shape index (κ1) is 13.5. The van der Waals surface area contributed by atoms with E-state index in [1.165, 1.54) is 18.2 Å². The molecule has 0 saturated carbocycles. The van der Waals surface area contributed by atoms with Crippen LogP contribution < -0.4 is 5.73 Å². The molecule has 1 aromatic heterocycles. The number of nitrogen functional groups attached to an aromatic ring is 1. The number of hydrogen-bond acceptors (Lipinski definition) is 3. The number of nitrogens with two attached hydrogens (primary N) is 1. The highest BCUT2D eigenvalue weighted by atomic mass is 32.1. The lowest BCUT2D eigenvalue weighted by Crippen LogP contribution is -2.29. The molecule has 1 aromatic carbocycles. The van der Waals surface area contributed by atoms with E-state index in [9.17, 15) is 9.18 Å². The molecule has 0 fully saturated rings. The van der Waals surface area contributed by atoms with Crippen molar-refractivity contribution in [3.63, 3.8) is 0 Å². The molecular formula is C14H15FN2OS. The van der Waals surface area contributed by atoms with E-state index in [2.05, 4.69) is 0 Å². The highest BCUT2D eigenvalue weighted by Crippen LogP contribution is 2.25. The minimum atomic E-state index is -0.509. The maximum atomic E-state index is 13.1. The molecule has 3 nitrogen and oxygen atoms in total. The molecule has 0 aliphatic heterocycles. The van der Waals surface area contributed by atoms with Gasteiger partial charge in [-0.3, -0.25) is 4.79 Å². The zero-order chi connectivity index (χ0) is 14.0. The molecule has 0 saturated heterocycles. The third kappa shape index (κ3) is 2.76. The lowest BCUT2D eigenvalue weighted by Gasteiger charge is -2.24. The molecule has 1 unspecified atom stereocenters. The fourth-order valence-electron chi connectivity index (χ4n) is 1.78. The second-order valence-electron chi connectivity index (χ2n) is 4.34. The van der Waals surface area contributed by atoms with Gasteiger partial charge < -0.3 is 10.6 Å². The van der Waals surface area contributed by atoms with Gasteiger partial charge in [-0.15, -0.1) is 11.3 Å². The van der Waals surface area contributed by atoms with Crippen LogP contribution in [0.3, 0.4) is 0 Å². The predicted molar refractivity (Wildman–Crippen MR) is 75.6 cm³/mol. The Bertz CT molecular complexity index is 583. The average molecular weight is 278 g/mol. The van der Waals surface area contributed by atoms with Crippen LogP contribution in [0.5, 0.6) is 0 Å². The molecule has 0 bridgehead atoms. The molecule has 19 heavy (non-hydrogen) atoms.